The van der Waals surface area contributed by atoms with E-state index in [4.69, 9.17) is 5.73 Å². The number of hydrogen-bond acceptors (Lipinski definition) is 4. The van der Waals surface area contributed by atoms with Gasteiger partial charge in [0.05, 0.1) is 0 Å². The maximum absolute atomic E-state index is 5.88. The third-order valence-electron chi connectivity index (χ3n) is 3.59. The van der Waals surface area contributed by atoms with Crippen LogP contribution < -0.4 is 10.6 Å². The molecule has 0 aliphatic carbocycles. The molecule has 4 nitrogen and oxygen atoms in total. The number of nitrogens with zero attached hydrogens (tertiary/aromatic N) is 3. The maximum atomic E-state index is 5.88. The molecule has 2 heterocycles. The fourth-order valence-electron chi connectivity index (χ4n) is 2.49. The van der Waals surface area contributed by atoms with Crippen molar-refractivity contribution in [2.75, 3.05) is 23.7 Å². The topological polar surface area (TPSA) is 55.0 Å². The Bertz CT molecular complexity index is 391. The molecule has 1 aromatic heterocycles. The standard InChI is InChI=1S/C14H24N4/c1-3-5-13-16-12(15)10-14(17-13)18-8-4-6-11(2)7-9-18/h10-11H,3-9H2,1-2H3,(H2,15,16,17). The third-order valence-corrected chi connectivity index (χ3v) is 3.59. The van der Waals surface area contributed by atoms with Gasteiger partial charge in [0.1, 0.15) is 17.5 Å². The van der Waals surface area contributed by atoms with Gasteiger partial charge in [-0.1, -0.05) is 13.8 Å². The normalized spacial score (nSPS) is 20.8. The number of rotatable bonds is 3. The molecule has 0 aromatic carbocycles. The van der Waals surface area contributed by atoms with Gasteiger partial charge in [0, 0.05) is 25.6 Å². The van der Waals surface area contributed by atoms with Gasteiger partial charge >= 0.3 is 0 Å². The lowest BCUT2D eigenvalue weighted by Crippen LogP contribution is -2.26. The van der Waals surface area contributed by atoms with E-state index in [0.717, 1.165) is 43.5 Å². The predicted octanol–water partition coefficient (Wildman–Crippen LogP) is 2.64. The molecule has 1 aromatic rings. The van der Waals surface area contributed by atoms with E-state index >= 15 is 0 Å². The van der Waals surface area contributed by atoms with Crippen LogP contribution in [0.3, 0.4) is 0 Å². The Labute approximate surface area is 110 Å². The molecule has 1 aliphatic heterocycles. The Hall–Kier alpha value is -1.32. The van der Waals surface area contributed by atoms with Crippen LogP contribution in [0, 0.1) is 5.92 Å². The van der Waals surface area contributed by atoms with Crippen LogP contribution in [0.4, 0.5) is 11.6 Å². The molecule has 18 heavy (non-hydrogen) atoms. The first-order chi connectivity index (χ1) is 8.69. The largest absolute Gasteiger partial charge is 0.384 e. The lowest BCUT2D eigenvalue weighted by Gasteiger charge is -2.22. The molecule has 100 valence electrons. The predicted molar refractivity (Wildman–Crippen MR) is 75.7 cm³/mol. The van der Waals surface area contributed by atoms with Crippen molar-refractivity contribution in [1.29, 1.82) is 0 Å². The van der Waals surface area contributed by atoms with E-state index in [2.05, 4.69) is 28.7 Å². The van der Waals surface area contributed by atoms with Crippen LogP contribution >= 0.6 is 0 Å². The van der Waals surface area contributed by atoms with Crippen LogP contribution in [0.5, 0.6) is 0 Å². The van der Waals surface area contributed by atoms with E-state index in [-0.39, 0.29) is 0 Å². The van der Waals surface area contributed by atoms with Crippen LogP contribution in [0.2, 0.25) is 0 Å². The van der Waals surface area contributed by atoms with Crippen molar-refractivity contribution in [2.45, 2.75) is 46.0 Å². The number of anilines is 2. The zero-order valence-electron chi connectivity index (χ0n) is 11.5. The van der Waals surface area contributed by atoms with Gasteiger partial charge in [-0.05, 0) is 31.6 Å². The summed E-state index contributed by atoms with van der Waals surface area (Å²) in [6.45, 7) is 6.65. The second-order valence-electron chi connectivity index (χ2n) is 5.34. The number of nitrogens with two attached hydrogens (primary N) is 1. The highest BCUT2D eigenvalue weighted by atomic mass is 15.2. The molecule has 1 unspecified atom stereocenters. The summed E-state index contributed by atoms with van der Waals surface area (Å²) in [5, 5.41) is 0. The van der Waals surface area contributed by atoms with Gasteiger partial charge in [-0.2, -0.15) is 0 Å². The highest BCUT2D eigenvalue weighted by Gasteiger charge is 2.16. The summed E-state index contributed by atoms with van der Waals surface area (Å²) in [5.74, 6) is 3.31. The van der Waals surface area contributed by atoms with Crippen molar-refractivity contribution in [1.82, 2.24) is 9.97 Å². The number of aromatic nitrogens is 2. The molecule has 1 saturated heterocycles. The molecule has 0 bridgehead atoms. The van der Waals surface area contributed by atoms with Gasteiger partial charge in [-0.3, -0.25) is 0 Å². The Morgan fingerprint density at radius 1 is 1.33 bits per heavy atom. The fourth-order valence-corrected chi connectivity index (χ4v) is 2.49. The minimum atomic E-state index is 0.598. The third kappa shape index (κ3) is 3.34. The lowest BCUT2D eigenvalue weighted by atomic mass is 10.0. The quantitative estimate of drug-likeness (QED) is 0.893. The lowest BCUT2D eigenvalue weighted by molar-refractivity contribution is 0.521. The van der Waals surface area contributed by atoms with Crippen LogP contribution in [-0.4, -0.2) is 23.1 Å². The highest BCUT2D eigenvalue weighted by Crippen LogP contribution is 2.22. The molecule has 0 saturated carbocycles. The van der Waals surface area contributed by atoms with Crippen molar-refractivity contribution in [3.8, 4) is 0 Å². The van der Waals surface area contributed by atoms with Crippen molar-refractivity contribution in [3.05, 3.63) is 11.9 Å². The first-order valence-corrected chi connectivity index (χ1v) is 7.07. The van der Waals surface area contributed by atoms with Gasteiger partial charge in [-0.25, -0.2) is 9.97 Å². The molecule has 0 amide bonds. The van der Waals surface area contributed by atoms with Crippen molar-refractivity contribution < 1.29 is 0 Å². The number of nitrogen functional groups attached to an aromatic ring is 1. The summed E-state index contributed by atoms with van der Waals surface area (Å²) in [5.41, 5.74) is 5.88. The summed E-state index contributed by atoms with van der Waals surface area (Å²) in [7, 11) is 0. The molecule has 0 spiro atoms. The average molecular weight is 248 g/mol. The first kappa shape index (κ1) is 13.1. The second-order valence-corrected chi connectivity index (χ2v) is 5.34. The Morgan fingerprint density at radius 2 is 2.17 bits per heavy atom. The molecule has 0 radical (unpaired) electrons. The SMILES string of the molecule is CCCc1nc(N)cc(N2CCCC(C)CC2)n1. The second kappa shape index (κ2) is 6.03. The summed E-state index contributed by atoms with van der Waals surface area (Å²) >= 11 is 0. The summed E-state index contributed by atoms with van der Waals surface area (Å²) in [6.07, 6.45) is 5.77. The Balaban J connectivity index is 2.15. The van der Waals surface area contributed by atoms with Gasteiger partial charge < -0.3 is 10.6 Å². The smallest absolute Gasteiger partial charge is 0.134 e. The monoisotopic (exact) mass is 248 g/mol. The zero-order chi connectivity index (χ0) is 13.0. The molecule has 2 rings (SSSR count). The van der Waals surface area contributed by atoms with Crippen LogP contribution in [0.25, 0.3) is 0 Å². The van der Waals surface area contributed by atoms with Crippen LogP contribution in [0.1, 0.15) is 45.4 Å². The van der Waals surface area contributed by atoms with E-state index in [9.17, 15) is 0 Å². The number of hydrogen-bond donors (Lipinski definition) is 1. The molecular formula is C14H24N4. The molecule has 2 N–H and O–H groups in total. The molecular weight excluding hydrogens is 224 g/mol. The molecule has 1 fully saturated rings. The maximum Gasteiger partial charge on any atom is 0.134 e. The van der Waals surface area contributed by atoms with Crippen molar-refractivity contribution in [3.63, 3.8) is 0 Å². The van der Waals surface area contributed by atoms with Gasteiger partial charge in [0.2, 0.25) is 0 Å². The summed E-state index contributed by atoms with van der Waals surface area (Å²) in [4.78, 5) is 11.3. The fraction of sp³-hybridized carbons (Fsp3) is 0.714. The van der Waals surface area contributed by atoms with Gasteiger partial charge in [0.15, 0.2) is 0 Å². The summed E-state index contributed by atoms with van der Waals surface area (Å²) < 4.78 is 0. The van der Waals surface area contributed by atoms with E-state index < -0.39 is 0 Å². The van der Waals surface area contributed by atoms with Gasteiger partial charge in [-0.15, -0.1) is 0 Å². The van der Waals surface area contributed by atoms with E-state index in [0.29, 0.717) is 5.82 Å². The Morgan fingerprint density at radius 3 is 2.94 bits per heavy atom. The minimum absolute atomic E-state index is 0.598. The highest BCUT2D eigenvalue weighted by molar-refractivity contribution is 5.47. The Kier molecular flexibility index (Phi) is 4.39. The summed E-state index contributed by atoms with van der Waals surface area (Å²) in [6, 6.07) is 1.91. The first-order valence-electron chi connectivity index (χ1n) is 7.07. The number of aryl methyl sites for hydroxylation is 1. The van der Waals surface area contributed by atoms with Crippen molar-refractivity contribution in [2.24, 2.45) is 5.92 Å². The van der Waals surface area contributed by atoms with E-state index in [1.807, 2.05) is 6.07 Å². The van der Waals surface area contributed by atoms with Crippen LogP contribution in [0.15, 0.2) is 6.07 Å². The minimum Gasteiger partial charge on any atom is -0.384 e. The molecule has 1 aliphatic rings. The average Bonchev–Trinajstić information content (AvgIpc) is 2.54. The van der Waals surface area contributed by atoms with Crippen molar-refractivity contribution >= 4 is 11.6 Å². The molecule has 4 heteroatoms. The van der Waals surface area contributed by atoms with E-state index in [1.165, 1.54) is 19.3 Å². The van der Waals surface area contributed by atoms with E-state index in [1.54, 1.807) is 0 Å². The zero-order valence-corrected chi connectivity index (χ0v) is 11.5. The van der Waals surface area contributed by atoms with Crippen LogP contribution in [-0.2, 0) is 6.42 Å². The molecule has 1 atom stereocenters. The van der Waals surface area contributed by atoms with Gasteiger partial charge in [0.25, 0.3) is 0 Å².